The van der Waals surface area contributed by atoms with Gasteiger partial charge in [0.25, 0.3) is 0 Å². The van der Waals surface area contributed by atoms with E-state index < -0.39 is 12.0 Å². The van der Waals surface area contributed by atoms with Gasteiger partial charge in [0.2, 0.25) is 11.8 Å². The predicted octanol–water partition coefficient (Wildman–Crippen LogP) is 3.52. The Hall–Kier alpha value is -2.87. The molecule has 1 unspecified atom stereocenters. The molecule has 3 rings (SSSR count). The molecule has 2 aromatic rings. The second-order valence-electron chi connectivity index (χ2n) is 6.89. The molecule has 2 amide bonds. The Kier molecular flexibility index (Phi) is 7.46. The quantitative estimate of drug-likeness (QED) is 0.450. The van der Waals surface area contributed by atoms with Crippen LogP contribution in [0.3, 0.4) is 0 Å². The van der Waals surface area contributed by atoms with Gasteiger partial charge in [-0.2, -0.15) is 0 Å². The first-order chi connectivity index (χ1) is 14.5. The molecule has 2 aromatic carbocycles. The van der Waals surface area contributed by atoms with Crippen molar-refractivity contribution in [3.63, 3.8) is 0 Å². The first-order valence-electron chi connectivity index (χ1n) is 9.64. The third kappa shape index (κ3) is 5.82. The van der Waals surface area contributed by atoms with E-state index >= 15 is 0 Å². The molecular weight excluding hydrogens is 452 g/mol. The average molecular weight is 475 g/mol. The van der Waals surface area contributed by atoms with E-state index in [-0.39, 0.29) is 18.2 Å². The maximum Gasteiger partial charge on any atom is 0.333 e. The molecule has 0 radical (unpaired) electrons. The van der Waals surface area contributed by atoms with Gasteiger partial charge >= 0.3 is 5.97 Å². The van der Waals surface area contributed by atoms with Crippen molar-refractivity contribution in [1.82, 2.24) is 5.32 Å². The van der Waals surface area contributed by atoms with Gasteiger partial charge in [-0.15, -0.1) is 0 Å². The summed E-state index contributed by atoms with van der Waals surface area (Å²) in [4.78, 5) is 35.8. The summed E-state index contributed by atoms with van der Waals surface area (Å²) in [5.74, 6) is -0.0590. The van der Waals surface area contributed by atoms with Gasteiger partial charge in [0.1, 0.15) is 5.75 Å². The van der Waals surface area contributed by atoms with Crippen LogP contribution in [-0.2, 0) is 25.5 Å². The van der Waals surface area contributed by atoms with E-state index in [1.807, 2.05) is 12.1 Å². The minimum absolute atomic E-state index is 0.0237. The van der Waals surface area contributed by atoms with Crippen molar-refractivity contribution in [2.45, 2.75) is 31.7 Å². The van der Waals surface area contributed by atoms with Crippen molar-refractivity contribution in [2.75, 3.05) is 19.0 Å². The standard InChI is InChI=1S/C22H23BrN2O5/c1-29-22(28)21(14-4-7-16(23)8-5-14)25-19(26)3-2-12-30-17-9-10-18-15(13-17)6-11-20(27)24-18/h4-5,7-10,13,21H,2-3,6,11-12H2,1H3,(H,24,27)(H,25,26). The van der Waals surface area contributed by atoms with Crippen molar-refractivity contribution < 1.29 is 23.9 Å². The van der Waals surface area contributed by atoms with Gasteiger partial charge < -0.3 is 20.1 Å². The normalized spacial score (nSPS) is 13.6. The van der Waals surface area contributed by atoms with Crippen LogP contribution in [0.4, 0.5) is 5.69 Å². The Morgan fingerprint density at radius 3 is 2.67 bits per heavy atom. The molecular formula is C22H23BrN2O5. The molecule has 7 nitrogen and oxygen atoms in total. The Morgan fingerprint density at radius 2 is 1.93 bits per heavy atom. The molecule has 0 saturated heterocycles. The smallest absolute Gasteiger partial charge is 0.333 e. The van der Waals surface area contributed by atoms with Crippen molar-refractivity contribution in [3.05, 3.63) is 58.1 Å². The summed E-state index contributed by atoms with van der Waals surface area (Å²) in [7, 11) is 1.29. The van der Waals surface area contributed by atoms with Gasteiger partial charge in [0.05, 0.1) is 13.7 Å². The van der Waals surface area contributed by atoms with E-state index in [9.17, 15) is 14.4 Å². The molecule has 1 heterocycles. The first kappa shape index (κ1) is 21.8. The maximum absolute atomic E-state index is 12.3. The van der Waals surface area contributed by atoms with E-state index in [2.05, 4.69) is 26.6 Å². The number of halogens is 1. The van der Waals surface area contributed by atoms with Crippen molar-refractivity contribution in [1.29, 1.82) is 0 Å². The third-order valence-corrected chi connectivity index (χ3v) is 5.26. The van der Waals surface area contributed by atoms with Crippen molar-refractivity contribution in [3.8, 4) is 5.75 Å². The molecule has 0 aliphatic carbocycles. The minimum Gasteiger partial charge on any atom is -0.494 e. The predicted molar refractivity (Wildman–Crippen MR) is 115 cm³/mol. The van der Waals surface area contributed by atoms with E-state index in [4.69, 9.17) is 9.47 Å². The lowest BCUT2D eigenvalue weighted by molar-refractivity contribution is -0.145. The zero-order valence-corrected chi connectivity index (χ0v) is 18.2. The number of anilines is 1. The van der Waals surface area contributed by atoms with E-state index in [0.29, 0.717) is 37.2 Å². The van der Waals surface area contributed by atoms with Crippen LogP contribution in [-0.4, -0.2) is 31.5 Å². The number of esters is 1. The fraction of sp³-hybridized carbons (Fsp3) is 0.318. The largest absolute Gasteiger partial charge is 0.494 e. The lowest BCUT2D eigenvalue weighted by atomic mass is 10.0. The molecule has 1 atom stereocenters. The first-order valence-corrected chi connectivity index (χ1v) is 10.4. The van der Waals surface area contributed by atoms with Gasteiger partial charge in [-0.1, -0.05) is 28.1 Å². The summed E-state index contributed by atoms with van der Waals surface area (Å²) >= 11 is 3.35. The second-order valence-corrected chi connectivity index (χ2v) is 7.81. The Morgan fingerprint density at radius 1 is 1.17 bits per heavy atom. The highest BCUT2D eigenvalue weighted by Gasteiger charge is 2.23. The molecule has 0 fully saturated rings. The Labute approximate surface area is 183 Å². The number of ether oxygens (including phenoxy) is 2. The van der Waals surface area contributed by atoms with Crippen LogP contribution in [0.1, 0.15) is 36.4 Å². The number of nitrogens with one attached hydrogen (secondary N) is 2. The van der Waals surface area contributed by atoms with Gasteiger partial charge in [0, 0.05) is 23.0 Å². The number of methoxy groups -OCH3 is 1. The van der Waals surface area contributed by atoms with Crippen molar-refractivity contribution in [2.24, 2.45) is 0 Å². The fourth-order valence-electron chi connectivity index (χ4n) is 3.16. The zero-order chi connectivity index (χ0) is 21.5. The summed E-state index contributed by atoms with van der Waals surface area (Å²) in [6.07, 6.45) is 1.86. The highest BCUT2D eigenvalue weighted by Crippen LogP contribution is 2.27. The average Bonchev–Trinajstić information content (AvgIpc) is 2.75. The van der Waals surface area contributed by atoms with E-state index in [1.54, 1.807) is 30.3 Å². The lowest BCUT2D eigenvalue weighted by Gasteiger charge is -2.18. The number of carbonyl (C=O) groups is 3. The number of rotatable bonds is 8. The minimum atomic E-state index is -0.854. The monoisotopic (exact) mass is 474 g/mol. The number of carbonyl (C=O) groups excluding carboxylic acids is 3. The Balaban J connectivity index is 1.48. The zero-order valence-electron chi connectivity index (χ0n) is 16.6. The van der Waals surface area contributed by atoms with Crippen LogP contribution >= 0.6 is 15.9 Å². The fourth-order valence-corrected chi connectivity index (χ4v) is 3.42. The third-order valence-electron chi connectivity index (χ3n) is 4.73. The summed E-state index contributed by atoms with van der Waals surface area (Å²) in [5, 5.41) is 5.55. The number of amides is 2. The highest BCUT2D eigenvalue weighted by molar-refractivity contribution is 9.10. The number of benzene rings is 2. The summed E-state index contributed by atoms with van der Waals surface area (Å²) in [6, 6.07) is 11.8. The maximum atomic E-state index is 12.3. The molecule has 0 spiro atoms. The molecule has 0 aromatic heterocycles. The molecule has 2 N–H and O–H groups in total. The second kappa shape index (κ2) is 10.2. The summed E-state index contributed by atoms with van der Waals surface area (Å²) in [5.41, 5.74) is 2.51. The van der Waals surface area contributed by atoms with E-state index in [1.165, 1.54) is 7.11 Å². The number of hydrogen-bond donors (Lipinski definition) is 2. The number of hydrogen-bond acceptors (Lipinski definition) is 5. The van der Waals surface area contributed by atoms with Crippen LogP contribution in [0.2, 0.25) is 0 Å². The van der Waals surface area contributed by atoms with Crippen LogP contribution in [0, 0.1) is 0 Å². The SMILES string of the molecule is COC(=O)C(NC(=O)CCCOc1ccc2c(c1)CCC(=O)N2)c1ccc(Br)cc1. The molecule has 0 bridgehead atoms. The van der Waals surface area contributed by atoms with Crippen LogP contribution in [0.5, 0.6) is 5.75 Å². The molecule has 158 valence electrons. The van der Waals surface area contributed by atoms with Gasteiger partial charge in [-0.3, -0.25) is 9.59 Å². The van der Waals surface area contributed by atoms with Gasteiger partial charge in [-0.25, -0.2) is 4.79 Å². The van der Waals surface area contributed by atoms with Crippen molar-refractivity contribution >= 4 is 39.4 Å². The number of aryl methyl sites for hydroxylation is 1. The Bertz CT molecular complexity index is 930. The molecule has 30 heavy (non-hydrogen) atoms. The van der Waals surface area contributed by atoms with Crippen LogP contribution in [0.15, 0.2) is 46.9 Å². The van der Waals surface area contributed by atoms with E-state index in [0.717, 1.165) is 15.7 Å². The molecule has 1 aliphatic rings. The topological polar surface area (TPSA) is 93.7 Å². The summed E-state index contributed by atoms with van der Waals surface area (Å²) < 4.78 is 11.4. The van der Waals surface area contributed by atoms with Crippen LogP contribution < -0.4 is 15.4 Å². The van der Waals surface area contributed by atoms with Gasteiger partial charge in [-0.05, 0) is 54.3 Å². The highest BCUT2D eigenvalue weighted by atomic mass is 79.9. The van der Waals surface area contributed by atoms with Gasteiger partial charge in [0.15, 0.2) is 6.04 Å². The molecule has 8 heteroatoms. The summed E-state index contributed by atoms with van der Waals surface area (Å²) in [6.45, 7) is 0.361. The van der Waals surface area contributed by atoms with Crippen LogP contribution in [0.25, 0.3) is 0 Å². The molecule has 1 aliphatic heterocycles. The lowest BCUT2D eigenvalue weighted by Crippen LogP contribution is -2.34. The number of fused-ring (bicyclic) bond motifs is 1. The molecule has 0 saturated carbocycles.